The largest absolute Gasteiger partial charge is 0.323 e. The molecule has 4 nitrogen and oxygen atoms in total. The smallest absolute Gasteiger partial charge is 0.321 e. The van der Waals surface area contributed by atoms with Gasteiger partial charge in [0.05, 0.1) is 0 Å². The van der Waals surface area contributed by atoms with Crippen LogP contribution in [0.5, 0.6) is 0 Å². The summed E-state index contributed by atoms with van der Waals surface area (Å²) >= 11 is 0. The van der Waals surface area contributed by atoms with Crippen molar-refractivity contribution in [3.8, 4) is 11.1 Å². The molecule has 25 heavy (non-hydrogen) atoms. The van der Waals surface area contributed by atoms with Gasteiger partial charge in [-0.2, -0.15) is 0 Å². The van der Waals surface area contributed by atoms with E-state index < -0.39 is 0 Å². The van der Waals surface area contributed by atoms with E-state index in [2.05, 4.69) is 53.5 Å². The molecule has 0 spiro atoms. The van der Waals surface area contributed by atoms with Gasteiger partial charge < -0.3 is 10.2 Å². The van der Waals surface area contributed by atoms with Gasteiger partial charge in [-0.15, -0.1) is 0 Å². The number of nitrogens with one attached hydrogen (secondary N) is 1. The van der Waals surface area contributed by atoms with E-state index in [0.29, 0.717) is 12.6 Å². The van der Waals surface area contributed by atoms with Gasteiger partial charge in [0.15, 0.2) is 0 Å². The van der Waals surface area contributed by atoms with Crippen LogP contribution in [0, 0.1) is 0 Å². The Labute approximate surface area is 149 Å². The lowest BCUT2D eigenvalue weighted by atomic mass is 9.97. The number of carbonyl (C=O) groups excluding carboxylic acids is 1. The number of hydrogen-bond acceptors (Lipinski definition) is 2. The van der Waals surface area contributed by atoms with Crippen LogP contribution in [0.1, 0.15) is 36.9 Å². The predicted molar refractivity (Wildman–Crippen MR) is 102 cm³/mol. The SMILES string of the molecule is C[C@@H](c1cccc(-c2ccc3c(c2)CN(C)C(=O)N3)c1)N1CCCC1. The van der Waals surface area contributed by atoms with Crippen LogP contribution in [0.25, 0.3) is 11.1 Å². The molecule has 2 amide bonds. The number of carbonyl (C=O) groups is 1. The summed E-state index contributed by atoms with van der Waals surface area (Å²) < 4.78 is 0. The molecule has 2 aliphatic rings. The van der Waals surface area contributed by atoms with Crippen LogP contribution in [0.3, 0.4) is 0 Å². The van der Waals surface area contributed by atoms with Gasteiger partial charge in [0.1, 0.15) is 0 Å². The minimum absolute atomic E-state index is 0.0401. The van der Waals surface area contributed by atoms with E-state index in [4.69, 9.17) is 0 Å². The molecule has 1 fully saturated rings. The summed E-state index contributed by atoms with van der Waals surface area (Å²) in [4.78, 5) is 16.0. The number of fused-ring (bicyclic) bond motifs is 1. The van der Waals surface area contributed by atoms with E-state index >= 15 is 0 Å². The summed E-state index contributed by atoms with van der Waals surface area (Å²) in [5, 5.41) is 2.94. The van der Waals surface area contributed by atoms with Crippen molar-refractivity contribution < 1.29 is 4.79 Å². The standard InChI is InChI=1S/C21H25N3O/c1-15(24-10-3-4-11-24)16-6-5-7-17(12-16)18-8-9-20-19(13-18)14-23(2)21(25)22-20/h5-9,12-13,15H,3-4,10-11,14H2,1-2H3,(H,22,25)/t15-/m0/s1. The summed E-state index contributed by atoms with van der Waals surface area (Å²) in [6.45, 7) is 5.37. The van der Waals surface area contributed by atoms with Crippen molar-refractivity contribution in [1.29, 1.82) is 0 Å². The average molecular weight is 335 g/mol. The molecule has 130 valence electrons. The maximum atomic E-state index is 11.8. The molecule has 2 aromatic rings. The Morgan fingerprint density at radius 3 is 2.60 bits per heavy atom. The molecule has 0 saturated carbocycles. The van der Waals surface area contributed by atoms with Crippen molar-refractivity contribution in [1.82, 2.24) is 9.80 Å². The van der Waals surface area contributed by atoms with Gasteiger partial charge in [-0.25, -0.2) is 4.79 Å². The zero-order chi connectivity index (χ0) is 17.4. The van der Waals surface area contributed by atoms with Gasteiger partial charge in [0, 0.05) is 25.3 Å². The first kappa shape index (κ1) is 16.2. The molecule has 1 N–H and O–H groups in total. The Balaban J connectivity index is 1.63. The van der Waals surface area contributed by atoms with Gasteiger partial charge in [-0.3, -0.25) is 4.90 Å². The van der Waals surface area contributed by atoms with E-state index in [9.17, 15) is 4.79 Å². The van der Waals surface area contributed by atoms with Crippen LogP contribution < -0.4 is 5.32 Å². The van der Waals surface area contributed by atoms with Gasteiger partial charge in [0.2, 0.25) is 0 Å². The number of nitrogens with zero attached hydrogens (tertiary/aromatic N) is 2. The quantitative estimate of drug-likeness (QED) is 0.897. The summed E-state index contributed by atoms with van der Waals surface area (Å²) in [6.07, 6.45) is 2.63. The second-order valence-electron chi connectivity index (χ2n) is 7.20. The molecule has 1 atom stereocenters. The Bertz CT molecular complexity index is 795. The van der Waals surface area contributed by atoms with Crippen molar-refractivity contribution in [2.24, 2.45) is 0 Å². The Kier molecular flexibility index (Phi) is 4.22. The predicted octanol–water partition coefficient (Wildman–Crippen LogP) is 4.49. The molecule has 0 radical (unpaired) electrons. The molecule has 2 aromatic carbocycles. The first-order valence-corrected chi connectivity index (χ1v) is 9.11. The van der Waals surface area contributed by atoms with Crippen molar-refractivity contribution in [3.63, 3.8) is 0 Å². The molecule has 4 rings (SSSR count). The maximum Gasteiger partial charge on any atom is 0.321 e. The summed E-state index contributed by atoms with van der Waals surface area (Å²) in [6, 6.07) is 15.6. The average Bonchev–Trinajstić information content (AvgIpc) is 3.16. The number of urea groups is 1. The highest BCUT2D eigenvalue weighted by atomic mass is 16.2. The van der Waals surface area contributed by atoms with Gasteiger partial charge in [-0.1, -0.05) is 24.3 Å². The van der Waals surface area contributed by atoms with E-state index in [0.717, 1.165) is 11.3 Å². The molecule has 0 aromatic heterocycles. The first-order valence-electron chi connectivity index (χ1n) is 9.11. The maximum absolute atomic E-state index is 11.8. The van der Waals surface area contributed by atoms with Crippen molar-refractivity contribution in [3.05, 3.63) is 53.6 Å². The Morgan fingerprint density at radius 1 is 1.04 bits per heavy atom. The van der Waals surface area contributed by atoms with Crippen LogP contribution in [-0.2, 0) is 6.54 Å². The lowest BCUT2D eigenvalue weighted by Gasteiger charge is -2.26. The number of hydrogen-bond donors (Lipinski definition) is 1. The minimum atomic E-state index is -0.0401. The van der Waals surface area contributed by atoms with E-state index in [1.165, 1.54) is 42.6 Å². The van der Waals surface area contributed by atoms with Crippen LogP contribution in [-0.4, -0.2) is 36.0 Å². The first-order chi connectivity index (χ1) is 12.1. The fourth-order valence-electron chi connectivity index (χ4n) is 3.88. The molecule has 2 heterocycles. The molecule has 0 unspecified atom stereocenters. The van der Waals surface area contributed by atoms with E-state index in [1.807, 2.05) is 13.1 Å². The molecule has 0 aliphatic carbocycles. The Hall–Kier alpha value is -2.33. The zero-order valence-electron chi connectivity index (χ0n) is 15.0. The van der Waals surface area contributed by atoms with Crippen LogP contribution in [0.15, 0.2) is 42.5 Å². The van der Waals surface area contributed by atoms with E-state index in [-0.39, 0.29) is 6.03 Å². The van der Waals surface area contributed by atoms with Gasteiger partial charge >= 0.3 is 6.03 Å². The van der Waals surface area contributed by atoms with Gasteiger partial charge in [0.25, 0.3) is 0 Å². The fourth-order valence-corrected chi connectivity index (χ4v) is 3.88. The van der Waals surface area contributed by atoms with Crippen LogP contribution >= 0.6 is 0 Å². The van der Waals surface area contributed by atoms with Crippen molar-refractivity contribution in [2.75, 3.05) is 25.5 Å². The van der Waals surface area contributed by atoms with E-state index in [1.54, 1.807) is 4.90 Å². The lowest BCUT2D eigenvalue weighted by molar-refractivity contribution is 0.218. The Morgan fingerprint density at radius 2 is 1.80 bits per heavy atom. The fraction of sp³-hybridized carbons (Fsp3) is 0.381. The topological polar surface area (TPSA) is 35.6 Å². The third-order valence-electron chi connectivity index (χ3n) is 5.49. The van der Waals surface area contributed by atoms with Gasteiger partial charge in [-0.05, 0) is 73.3 Å². The highest BCUT2D eigenvalue weighted by Crippen LogP contribution is 2.31. The van der Waals surface area contributed by atoms with Crippen LogP contribution in [0.4, 0.5) is 10.5 Å². The number of benzene rings is 2. The molecular formula is C21H25N3O. The molecule has 2 aliphatic heterocycles. The molecule has 1 saturated heterocycles. The molecule has 0 bridgehead atoms. The second kappa shape index (κ2) is 6.52. The summed E-state index contributed by atoms with van der Waals surface area (Å²) in [5.41, 5.74) is 5.92. The third-order valence-corrected chi connectivity index (χ3v) is 5.49. The highest BCUT2D eigenvalue weighted by molar-refractivity contribution is 5.92. The normalized spacial score (nSPS) is 18.8. The zero-order valence-corrected chi connectivity index (χ0v) is 15.0. The number of amides is 2. The highest BCUT2D eigenvalue weighted by Gasteiger charge is 2.21. The summed E-state index contributed by atoms with van der Waals surface area (Å²) in [5.74, 6) is 0. The molecule has 4 heteroatoms. The number of likely N-dealkylation sites (tertiary alicyclic amines) is 1. The van der Waals surface area contributed by atoms with Crippen molar-refractivity contribution >= 4 is 11.7 Å². The third kappa shape index (κ3) is 3.14. The lowest BCUT2D eigenvalue weighted by Crippen LogP contribution is -2.35. The number of rotatable bonds is 3. The van der Waals surface area contributed by atoms with Crippen LogP contribution in [0.2, 0.25) is 0 Å². The number of anilines is 1. The minimum Gasteiger partial charge on any atom is -0.323 e. The van der Waals surface area contributed by atoms with Crippen molar-refractivity contribution in [2.45, 2.75) is 32.4 Å². The summed E-state index contributed by atoms with van der Waals surface area (Å²) in [7, 11) is 1.82. The second-order valence-corrected chi connectivity index (χ2v) is 7.20. The monoisotopic (exact) mass is 335 g/mol. The molecular weight excluding hydrogens is 310 g/mol.